The summed E-state index contributed by atoms with van der Waals surface area (Å²) in [5, 5.41) is 8.71. The minimum Gasteiger partial charge on any atom is -0.308 e. The Kier molecular flexibility index (Phi) is 8.18. The molecule has 336 valence electrons. The second kappa shape index (κ2) is 14.9. The number of benzene rings is 8. The predicted octanol–water partition coefficient (Wildman–Crippen LogP) is 16.6. The van der Waals surface area contributed by atoms with Gasteiger partial charge in [0, 0.05) is 54.8 Å². The Labute approximate surface area is 410 Å². The summed E-state index contributed by atoms with van der Waals surface area (Å²) in [7, 11) is 0. The first kappa shape index (κ1) is 39.1. The molecule has 5 nitrogen and oxygen atoms in total. The number of hydrogen-bond donors (Lipinski definition) is 0. The van der Waals surface area contributed by atoms with Gasteiger partial charge in [-0.25, -0.2) is 0 Å². The van der Waals surface area contributed by atoms with Gasteiger partial charge in [-0.05, 0) is 122 Å². The Morgan fingerprint density at radius 1 is 0.254 bits per heavy atom. The number of allylic oxidation sites excluding steroid dienone is 3. The molecule has 0 amide bonds. The molecule has 0 saturated carbocycles. The van der Waals surface area contributed by atoms with Crippen LogP contribution in [0.4, 0.5) is 0 Å². The molecule has 3 aliphatic rings. The van der Waals surface area contributed by atoms with E-state index < -0.39 is 0 Å². The van der Waals surface area contributed by atoms with Crippen molar-refractivity contribution < 1.29 is 0 Å². The standard InChI is InChI=1S/C66H47N5/c1-11-31-52-42(21-1)43-22-2-12-32-53(43)67(52)62-41-63(68-54-33-13-3-23-44(54)45-24-4-14-34-55(45)68)65(70-58-37-17-7-27-48(58)49-28-8-18-38-59(49)70)66(71-60-39-19-9-29-50(60)51-30-10-20-40-61(51)71)64(62)69-56-35-15-5-25-46(56)47-26-6-16-36-57(47)69/h1-2,5,7-22,25,27-41H,3-4,6,23-24,26H2. The summed E-state index contributed by atoms with van der Waals surface area (Å²) in [6.07, 6.45) is 20.6. The summed E-state index contributed by atoms with van der Waals surface area (Å²) in [6, 6.07) is 66.1. The van der Waals surface area contributed by atoms with Crippen molar-refractivity contribution in [3.63, 3.8) is 0 Å². The van der Waals surface area contributed by atoms with E-state index in [9.17, 15) is 0 Å². The largest absolute Gasteiger partial charge is 0.308 e. The van der Waals surface area contributed by atoms with Crippen molar-refractivity contribution in [3.8, 4) is 28.4 Å². The molecule has 5 heteroatoms. The van der Waals surface area contributed by atoms with Gasteiger partial charge in [0.05, 0.1) is 67.1 Å². The third kappa shape index (κ3) is 5.30. The van der Waals surface area contributed by atoms with Gasteiger partial charge in [-0.2, -0.15) is 0 Å². The minimum atomic E-state index is 0.979. The normalized spacial score (nSPS) is 14.3. The summed E-state index contributed by atoms with van der Waals surface area (Å²) in [5.41, 5.74) is 22.1. The van der Waals surface area contributed by atoms with E-state index in [1.165, 1.54) is 110 Å². The van der Waals surface area contributed by atoms with E-state index in [2.05, 4.69) is 235 Å². The fourth-order valence-corrected chi connectivity index (χ4v) is 13.3. The quantitative estimate of drug-likeness (QED) is 0.164. The highest BCUT2D eigenvalue weighted by atomic mass is 15.2. The third-order valence-electron chi connectivity index (χ3n) is 16.1. The van der Waals surface area contributed by atoms with Crippen LogP contribution < -0.4 is 0 Å². The van der Waals surface area contributed by atoms with E-state index in [0.29, 0.717) is 0 Å². The number of aryl methyl sites for hydroxylation is 1. The molecule has 0 N–H and O–H groups in total. The molecule has 3 aliphatic carbocycles. The maximum atomic E-state index is 2.66. The highest BCUT2D eigenvalue weighted by molar-refractivity contribution is 6.14. The van der Waals surface area contributed by atoms with Crippen molar-refractivity contribution in [1.82, 2.24) is 22.8 Å². The molecule has 0 fully saturated rings. The first-order valence-electron chi connectivity index (χ1n) is 25.4. The van der Waals surface area contributed by atoms with Crippen molar-refractivity contribution in [1.29, 1.82) is 0 Å². The van der Waals surface area contributed by atoms with E-state index in [0.717, 1.165) is 67.0 Å². The highest BCUT2D eigenvalue weighted by Crippen LogP contribution is 2.50. The number of fused-ring (bicyclic) bond motifs is 15. The monoisotopic (exact) mass is 909 g/mol. The molecule has 16 rings (SSSR count). The van der Waals surface area contributed by atoms with Crippen LogP contribution in [0.25, 0.3) is 123 Å². The first-order chi connectivity index (χ1) is 35.3. The number of hydrogen-bond acceptors (Lipinski definition) is 0. The van der Waals surface area contributed by atoms with Gasteiger partial charge in [-0.15, -0.1) is 0 Å². The van der Waals surface area contributed by atoms with Crippen LogP contribution in [0, 0.1) is 0 Å². The molecule has 0 saturated heterocycles. The average Bonchev–Trinajstić information content (AvgIpc) is 4.23. The third-order valence-corrected chi connectivity index (χ3v) is 16.1. The van der Waals surface area contributed by atoms with Crippen molar-refractivity contribution in [2.75, 3.05) is 0 Å². The molecule has 8 aromatic carbocycles. The molecule has 0 radical (unpaired) electrons. The van der Waals surface area contributed by atoms with E-state index in [1.54, 1.807) is 0 Å². The van der Waals surface area contributed by atoms with Gasteiger partial charge >= 0.3 is 0 Å². The lowest BCUT2D eigenvalue weighted by Gasteiger charge is -2.29. The van der Waals surface area contributed by atoms with Gasteiger partial charge in [0.2, 0.25) is 0 Å². The van der Waals surface area contributed by atoms with Gasteiger partial charge in [0.25, 0.3) is 0 Å². The Morgan fingerprint density at radius 3 is 0.972 bits per heavy atom. The SMILES string of the molecule is C1=Cc2c(c3c(n2-c2cc(-n4c5ccccc5c5ccccc54)c(-n4c5c(c6ccccc64)CCC=C5)c(-n4c5ccccc5c5ccccc54)c2-n2c4ccccc4c4ccccc42)C=CCC3)CC1. The fourth-order valence-electron chi connectivity index (χ4n) is 13.3. The molecule has 0 spiro atoms. The van der Waals surface area contributed by atoms with Crippen LogP contribution in [0.5, 0.6) is 0 Å². The molecule has 71 heavy (non-hydrogen) atoms. The summed E-state index contributed by atoms with van der Waals surface area (Å²) < 4.78 is 13.2. The second-order valence-electron chi connectivity index (χ2n) is 19.7. The molecule has 5 heterocycles. The molecule has 0 bridgehead atoms. The molecule has 5 aromatic heterocycles. The zero-order valence-corrected chi connectivity index (χ0v) is 39.2. The molecular formula is C66H47N5. The molecular weight excluding hydrogens is 863 g/mol. The van der Waals surface area contributed by atoms with Crippen LogP contribution in [0.3, 0.4) is 0 Å². The number of para-hydroxylation sites is 7. The van der Waals surface area contributed by atoms with Crippen molar-refractivity contribution in [2.24, 2.45) is 0 Å². The number of nitrogens with zero attached hydrogens (tertiary/aromatic N) is 5. The van der Waals surface area contributed by atoms with E-state index in [-0.39, 0.29) is 0 Å². The number of rotatable bonds is 5. The van der Waals surface area contributed by atoms with Crippen LogP contribution in [-0.4, -0.2) is 22.8 Å². The first-order valence-corrected chi connectivity index (χ1v) is 25.4. The minimum absolute atomic E-state index is 0.979. The van der Waals surface area contributed by atoms with Crippen molar-refractivity contribution >= 4 is 94.5 Å². The summed E-state index contributed by atoms with van der Waals surface area (Å²) >= 11 is 0. The molecule has 0 aliphatic heterocycles. The molecule has 0 atom stereocenters. The summed E-state index contributed by atoms with van der Waals surface area (Å²) in [5.74, 6) is 0. The Bertz CT molecular complexity index is 4330. The fraction of sp³-hybridized carbons (Fsp3) is 0.0909. The lowest BCUT2D eigenvalue weighted by Crippen LogP contribution is -2.18. The Hall–Kier alpha value is -8.80. The topological polar surface area (TPSA) is 24.6 Å². The number of aromatic nitrogens is 5. The van der Waals surface area contributed by atoms with Gasteiger partial charge in [-0.3, -0.25) is 0 Å². The average molecular weight is 910 g/mol. The van der Waals surface area contributed by atoms with Crippen LogP contribution in [0.2, 0.25) is 0 Å². The zero-order valence-electron chi connectivity index (χ0n) is 39.2. The van der Waals surface area contributed by atoms with E-state index in [4.69, 9.17) is 0 Å². The van der Waals surface area contributed by atoms with Crippen molar-refractivity contribution in [2.45, 2.75) is 38.5 Å². The molecule has 0 unspecified atom stereocenters. The van der Waals surface area contributed by atoms with Crippen molar-refractivity contribution in [3.05, 3.63) is 228 Å². The Balaban J connectivity index is 1.26. The zero-order chi connectivity index (χ0) is 46.3. The predicted molar refractivity (Wildman–Crippen MR) is 298 cm³/mol. The van der Waals surface area contributed by atoms with E-state index in [1.807, 2.05) is 0 Å². The lowest BCUT2D eigenvalue weighted by molar-refractivity contribution is 0.922. The van der Waals surface area contributed by atoms with Crippen LogP contribution in [-0.2, 0) is 19.3 Å². The van der Waals surface area contributed by atoms with Crippen LogP contribution >= 0.6 is 0 Å². The van der Waals surface area contributed by atoms with Crippen LogP contribution in [0.15, 0.2) is 194 Å². The smallest absolute Gasteiger partial charge is 0.0990 e. The summed E-state index contributed by atoms with van der Waals surface area (Å²) in [4.78, 5) is 0. The van der Waals surface area contributed by atoms with Gasteiger partial charge in [0.15, 0.2) is 0 Å². The summed E-state index contributed by atoms with van der Waals surface area (Å²) in [6.45, 7) is 0. The van der Waals surface area contributed by atoms with Crippen LogP contribution in [0.1, 0.15) is 53.0 Å². The van der Waals surface area contributed by atoms with Gasteiger partial charge in [0.1, 0.15) is 0 Å². The maximum Gasteiger partial charge on any atom is 0.0990 e. The molecule has 13 aromatic rings. The van der Waals surface area contributed by atoms with E-state index >= 15 is 0 Å². The highest BCUT2D eigenvalue weighted by Gasteiger charge is 2.35. The van der Waals surface area contributed by atoms with Gasteiger partial charge < -0.3 is 22.8 Å². The second-order valence-corrected chi connectivity index (χ2v) is 19.7. The maximum absolute atomic E-state index is 2.66. The lowest BCUT2D eigenvalue weighted by atomic mass is 9.94. The van der Waals surface area contributed by atoms with Gasteiger partial charge in [-0.1, -0.05) is 146 Å². The Morgan fingerprint density at radius 2 is 0.549 bits per heavy atom.